The highest BCUT2D eigenvalue weighted by Gasteiger charge is 2.13. The van der Waals surface area contributed by atoms with Gasteiger partial charge in [-0.25, -0.2) is 9.98 Å². The van der Waals surface area contributed by atoms with E-state index in [0.29, 0.717) is 0 Å². The molecule has 0 saturated carbocycles. The van der Waals surface area contributed by atoms with E-state index in [0.717, 1.165) is 56.0 Å². The molecule has 10 aromatic rings. The SMILES string of the molecule is C=C(N=C(/C=C/c1ccc(-c2ccc(-c3cc(-c4ccccc4)c4c(ccc5ccccc54)n3)cc2)cc1)c1ccc2ccccc2c1)c1ccc2ccccc2c1. The van der Waals surface area contributed by atoms with Crippen molar-refractivity contribution in [3.05, 3.63) is 236 Å². The van der Waals surface area contributed by atoms with Crippen molar-refractivity contribution in [2.75, 3.05) is 0 Å². The number of fused-ring (bicyclic) bond motifs is 5. The molecule has 0 radical (unpaired) electrons. The quantitative estimate of drug-likeness (QED) is 0.113. The molecule has 0 bridgehead atoms. The summed E-state index contributed by atoms with van der Waals surface area (Å²) in [6, 6.07) is 72.9. The third-order valence-electron chi connectivity index (χ3n) is 11.0. The van der Waals surface area contributed by atoms with Gasteiger partial charge >= 0.3 is 0 Å². The molecule has 1 heterocycles. The van der Waals surface area contributed by atoms with Crippen LogP contribution in [0.1, 0.15) is 16.7 Å². The monoisotopic (exact) mass is 738 g/mol. The van der Waals surface area contributed by atoms with Crippen LogP contribution in [0.25, 0.3) is 88.5 Å². The van der Waals surface area contributed by atoms with Crippen LogP contribution in [0.2, 0.25) is 0 Å². The van der Waals surface area contributed by atoms with Gasteiger partial charge in [0.15, 0.2) is 0 Å². The topological polar surface area (TPSA) is 25.2 Å². The van der Waals surface area contributed by atoms with E-state index in [4.69, 9.17) is 9.98 Å². The first kappa shape index (κ1) is 34.8. The van der Waals surface area contributed by atoms with Crippen LogP contribution >= 0.6 is 0 Å². The number of hydrogen-bond donors (Lipinski definition) is 0. The van der Waals surface area contributed by atoms with Crippen molar-refractivity contribution in [1.29, 1.82) is 0 Å². The van der Waals surface area contributed by atoms with Crippen molar-refractivity contribution in [2.24, 2.45) is 4.99 Å². The fourth-order valence-corrected chi connectivity index (χ4v) is 7.92. The molecule has 272 valence electrons. The third-order valence-corrected chi connectivity index (χ3v) is 11.0. The molecule has 10 rings (SSSR count). The predicted molar refractivity (Wildman–Crippen MR) is 248 cm³/mol. The van der Waals surface area contributed by atoms with E-state index in [1.54, 1.807) is 0 Å². The Morgan fingerprint density at radius 1 is 0.448 bits per heavy atom. The van der Waals surface area contributed by atoms with Gasteiger partial charge in [0.05, 0.1) is 22.6 Å². The van der Waals surface area contributed by atoms with Crippen molar-refractivity contribution >= 4 is 60.7 Å². The Kier molecular flexibility index (Phi) is 9.06. The Balaban J connectivity index is 0.942. The minimum absolute atomic E-state index is 0.723. The summed E-state index contributed by atoms with van der Waals surface area (Å²) in [5.41, 5.74) is 12.4. The Bertz CT molecular complexity index is 3210. The van der Waals surface area contributed by atoms with Crippen LogP contribution in [0.15, 0.2) is 224 Å². The lowest BCUT2D eigenvalue weighted by molar-refractivity contribution is 1.40. The molecular weight excluding hydrogens is 701 g/mol. The molecule has 2 nitrogen and oxygen atoms in total. The van der Waals surface area contributed by atoms with Crippen LogP contribution in [0, 0.1) is 0 Å². The molecule has 0 N–H and O–H groups in total. The number of aliphatic imine (C=N–C) groups is 1. The van der Waals surface area contributed by atoms with Gasteiger partial charge < -0.3 is 0 Å². The maximum Gasteiger partial charge on any atom is 0.0722 e. The highest BCUT2D eigenvalue weighted by atomic mass is 14.8. The van der Waals surface area contributed by atoms with E-state index in [1.165, 1.54) is 48.8 Å². The Morgan fingerprint density at radius 3 is 1.71 bits per heavy atom. The fourth-order valence-electron chi connectivity index (χ4n) is 7.92. The number of rotatable bonds is 8. The van der Waals surface area contributed by atoms with E-state index in [2.05, 4.69) is 225 Å². The lowest BCUT2D eigenvalue weighted by atomic mass is 9.94. The molecular formula is C56H38N2. The minimum Gasteiger partial charge on any atom is -0.248 e. The molecule has 0 saturated heterocycles. The molecule has 0 aliphatic carbocycles. The molecule has 9 aromatic carbocycles. The molecule has 0 unspecified atom stereocenters. The van der Waals surface area contributed by atoms with Crippen molar-refractivity contribution in [2.45, 2.75) is 0 Å². The number of hydrogen-bond acceptors (Lipinski definition) is 2. The lowest BCUT2D eigenvalue weighted by Gasteiger charge is -2.13. The van der Waals surface area contributed by atoms with E-state index in [-0.39, 0.29) is 0 Å². The minimum atomic E-state index is 0.723. The molecule has 0 aliphatic heterocycles. The Hall–Kier alpha value is -7.68. The smallest absolute Gasteiger partial charge is 0.0722 e. The first-order chi connectivity index (χ1) is 28.6. The average molecular weight is 739 g/mol. The molecule has 58 heavy (non-hydrogen) atoms. The number of allylic oxidation sites excluding steroid dienone is 1. The number of nitrogens with zero attached hydrogens (tertiary/aromatic N) is 2. The van der Waals surface area contributed by atoms with Crippen LogP contribution in [-0.4, -0.2) is 10.7 Å². The molecule has 0 amide bonds. The van der Waals surface area contributed by atoms with E-state index < -0.39 is 0 Å². The zero-order valence-electron chi connectivity index (χ0n) is 31.9. The number of aromatic nitrogens is 1. The van der Waals surface area contributed by atoms with Crippen LogP contribution in [0.5, 0.6) is 0 Å². The summed E-state index contributed by atoms with van der Waals surface area (Å²) in [6.45, 7) is 4.40. The van der Waals surface area contributed by atoms with E-state index in [1.807, 2.05) is 0 Å². The van der Waals surface area contributed by atoms with Crippen molar-refractivity contribution in [3.8, 4) is 33.5 Å². The number of benzene rings is 9. The van der Waals surface area contributed by atoms with Gasteiger partial charge in [-0.15, -0.1) is 0 Å². The average Bonchev–Trinajstić information content (AvgIpc) is 3.30. The standard InChI is InChI=1S/C56H38N2/c1-38(47-30-26-40-11-5-7-16-48(40)35-47)57-53(50-31-27-41-12-6-8-17-49(41)36-50)33-21-39-19-22-42(23-20-39)43-24-28-46(29-25-43)55-37-52(44-13-3-2-4-14-44)56-51-18-10-9-15-45(51)32-34-54(56)58-55/h2-37H,1H2/b33-21+,57-53?. The van der Waals surface area contributed by atoms with Gasteiger partial charge in [-0.2, -0.15) is 0 Å². The van der Waals surface area contributed by atoms with Gasteiger partial charge in [0.2, 0.25) is 0 Å². The predicted octanol–water partition coefficient (Wildman–Crippen LogP) is 14.9. The van der Waals surface area contributed by atoms with Crippen molar-refractivity contribution in [3.63, 3.8) is 0 Å². The summed E-state index contributed by atoms with van der Waals surface area (Å²) in [6.07, 6.45) is 4.23. The van der Waals surface area contributed by atoms with E-state index in [9.17, 15) is 0 Å². The van der Waals surface area contributed by atoms with Gasteiger partial charge in [-0.3, -0.25) is 0 Å². The van der Waals surface area contributed by atoms with Gasteiger partial charge in [-0.05, 0) is 90.5 Å². The third kappa shape index (κ3) is 6.89. The van der Waals surface area contributed by atoms with Crippen LogP contribution in [0.4, 0.5) is 0 Å². The zero-order chi connectivity index (χ0) is 38.8. The fraction of sp³-hybridized carbons (Fsp3) is 0. The lowest BCUT2D eigenvalue weighted by Crippen LogP contribution is -1.98. The van der Waals surface area contributed by atoms with Crippen LogP contribution in [-0.2, 0) is 0 Å². The molecule has 0 atom stereocenters. The second-order valence-corrected chi connectivity index (χ2v) is 14.7. The second kappa shape index (κ2) is 15.1. The normalized spacial score (nSPS) is 11.9. The van der Waals surface area contributed by atoms with E-state index >= 15 is 0 Å². The Morgan fingerprint density at radius 2 is 1.00 bits per heavy atom. The maximum atomic E-state index is 5.19. The molecule has 2 heteroatoms. The molecule has 0 spiro atoms. The second-order valence-electron chi connectivity index (χ2n) is 14.7. The summed E-state index contributed by atoms with van der Waals surface area (Å²) in [5.74, 6) is 0. The van der Waals surface area contributed by atoms with Gasteiger partial charge in [0.1, 0.15) is 0 Å². The van der Waals surface area contributed by atoms with Gasteiger partial charge in [0.25, 0.3) is 0 Å². The largest absolute Gasteiger partial charge is 0.248 e. The van der Waals surface area contributed by atoms with Gasteiger partial charge in [0, 0.05) is 22.1 Å². The first-order valence-corrected chi connectivity index (χ1v) is 19.7. The van der Waals surface area contributed by atoms with Crippen LogP contribution in [0.3, 0.4) is 0 Å². The number of pyridine rings is 1. The van der Waals surface area contributed by atoms with Crippen molar-refractivity contribution < 1.29 is 0 Å². The summed E-state index contributed by atoms with van der Waals surface area (Å²) >= 11 is 0. The van der Waals surface area contributed by atoms with Gasteiger partial charge in [-0.1, -0.05) is 195 Å². The summed E-state index contributed by atoms with van der Waals surface area (Å²) in [7, 11) is 0. The summed E-state index contributed by atoms with van der Waals surface area (Å²) in [5, 5.41) is 8.37. The summed E-state index contributed by atoms with van der Waals surface area (Å²) in [4.78, 5) is 10.3. The van der Waals surface area contributed by atoms with Crippen molar-refractivity contribution in [1.82, 2.24) is 4.98 Å². The zero-order valence-corrected chi connectivity index (χ0v) is 31.9. The molecule has 0 aliphatic rings. The van der Waals surface area contributed by atoms with Crippen LogP contribution < -0.4 is 0 Å². The highest BCUT2D eigenvalue weighted by molar-refractivity contribution is 6.15. The maximum absolute atomic E-state index is 5.19. The Labute approximate surface area is 338 Å². The highest BCUT2D eigenvalue weighted by Crippen LogP contribution is 2.37. The molecule has 1 aromatic heterocycles. The summed E-state index contributed by atoms with van der Waals surface area (Å²) < 4.78 is 0. The first-order valence-electron chi connectivity index (χ1n) is 19.7. The molecule has 0 fully saturated rings.